The van der Waals surface area contributed by atoms with Crippen LogP contribution in [0.25, 0.3) is 17.4 Å². The summed E-state index contributed by atoms with van der Waals surface area (Å²) in [6.45, 7) is 5.38. The average molecular weight is 669 g/mol. The van der Waals surface area contributed by atoms with E-state index in [0.717, 1.165) is 16.9 Å². The number of nitrogens with zero attached hydrogens (tertiary/aromatic N) is 3. The number of methoxy groups -OCH3 is 2. The number of thiazole rings is 1. The van der Waals surface area contributed by atoms with Gasteiger partial charge < -0.3 is 18.6 Å². The van der Waals surface area contributed by atoms with Crippen LogP contribution in [0.15, 0.2) is 72.4 Å². The van der Waals surface area contributed by atoms with E-state index in [1.165, 1.54) is 30.9 Å². The second-order valence-corrected chi connectivity index (χ2v) is 11.4. The Kier molecular flexibility index (Phi) is 8.38. The summed E-state index contributed by atoms with van der Waals surface area (Å²) < 4.78 is 24.7. The van der Waals surface area contributed by atoms with Crippen LogP contribution >= 0.6 is 27.3 Å². The van der Waals surface area contributed by atoms with Gasteiger partial charge in [0.25, 0.3) is 11.2 Å². The summed E-state index contributed by atoms with van der Waals surface area (Å²) in [6, 6.07) is 10.5. The lowest BCUT2D eigenvalue weighted by Gasteiger charge is -2.26. The zero-order chi connectivity index (χ0) is 31.0. The highest BCUT2D eigenvalue weighted by atomic mass is 79.9. The molecule has 0 saturated carbocycles. The van der Waals surface area contributed by atoms with Crippen molar-refractivity contribution in [3.8, 4) is 22.8 Å². The van der Waals surface area contributed by atoms with Gasteiger partial charge in [-0.3, -0.25) is 19.5 Å². The van der Waals surface area contributed by atoms with E-state index in [-0.39, 0.29) is 17.9 Å². The number of halogens is 1. The molecule has 0 bridgehead atoms. The van der Waals surface area contributed by atoms with Crippen molar-refractivity contribution in [2.45, 2.75) is 26.8 Å². The number of carbonyl (C=O) groups is 1. The van der Waals surface area contributed by atoms with Gasteiger partial charge in [0.2, 0.25) is 0 Å². The van der Waals surface area contributed by atoms with Crippen molar-refractivity contribution in [2.75, 3.05) is 20.8 Å². The maximum atomic E-state index is 14.0. The molecule has 4 aromatic rings. The topological polar surface area (TPSA) is 135 Å². The van der Waals surface area contributed by atoms with E-state index in [2.05, 4.69) is 20.9 Å². The Hall–Kier alpha value is -4.49. The molecule has 222 valence electrons. The van der Waals surface area contributed by atoms with E-state index in [1.54, 1.807) is 50.3 Å². The molecule has 0 fully saturated rings. The number of hydrogen-bond donors (Lipinski definition) is 0. The van der Waals surface area contributed by atoms with Crippen LogP contribution in [0.5, 0.6) is 11.5 Å². The SMILES string of the molecule is CCOC(=O)C1=C(C)N=c2s/c(=C\c3ccc(-c4cc([N+](=O)[O-])ccc4C)o3)c(=O)n2[C@@H]1c1cc(OC)c(OC)cc1Br. The summed E-state index contributed by atoms with van der Waals surface area (Å²) in [5.41, 5.74) is 2.13. The lowest BCUT2D eigenvalue weighted by molar-refractivity contribution is -0.384. The molecule has 1 aliphatic rings. The number of furan rings is 1. The van der Waals surface area contributed by atoms with Crippen molar-refractivity contribution in [2.24, 2.45) is 4.99 Å². The molecule has 3 heterocycles. The first-order chi connectivity index (χ1) is 20.6. The van der Waals surface area contributed by atoms with Crippen LogP contribution < -0.4 is 24.4 Å². The van der Waals surface area contributed by atoms with Gasteiger partial charge in [-0.2, -0.15) is 0 Å². The van der Waals surface area contributed by atoms with Gasteiger partial charge in [-0.1, -0.05) is 33.3 Å². The Morgan fingerprint density at radius 2 is 1.88 bits per heavy atom. The highest BCUT2D eigenvalue weighted by Crippen LogP contribution is 2.41. The second-order valence-electron chi connectivity index (χ2n) is 9.49. The number of nitro benzene ring substituents is 1. The van der Waals surface area contributed by atoms with Crippen molar-refractivity contribution in [1.82, 2.24) is 4.57 Å². The quantitative estimate of drug-likeness (QED) is 0.145. The number of non-ortho nitro benzene ring substituents is 1. The van der Waals surface area contributed by atoms with Gasteiger partial charge in [-0.05, 0) is 56.2 Å². The van der Waals surface area contributed by atoms with E-state index < -0.39 is 22.5 Å². The summed E-state index contributed by atoms with van der Waals surface area (Å²) in [5, 5.41) is 11.3. The molecule has 2 aromatic carbocycles. The summed E-state index contributed by atoms with van der Waals surface area (Å²) in [4.78, 5) is 43.0. The number of carbonyl (C=O) groups excluding carboxylic acids is 1. The van der Waals surface area contributed by atoms with Gasteiger partial charge in [0.05, 0.1) is 47.6 Å². The van der Waals surface area contributed by atoms with E-state index in [0.29, 0.717) is 53.6 Å². The Bertz CT molecular complexity index is 1990. The number of ether oxygens (including phenoxy) is 3. The lowest BCUT2D eigenvalue weighted by atomic mass is 9.95. The molecule has 0 amide bonds. The fourth-order valence-electron chi connectivity index (χ4n) is 4.86. The minimum Gasteiger partial charge on any atom is -0.493 e. The summed E-state index contributed by atoms with van der Waals surface area (Å²) >= 11 is 4.73. The Balaban J connectivity index is 1.67. The average Bonchev–Trinajstić information content (AvgIpc) is 3.56. The first kappa shape index (κ1) is 30.0. The highest BCUT2D eigenvalue weighted by Gasteiger charge is 2.35. The molecule has 5 rings (SSSR count). The molecule has 0 unspecified atom stereocenters. The molecule has 1 aliphatic heterocycles. The fraction of sp³-hybridized carbons (Fsp3) is 0.233. The molecular formula is C30H26BrN3O8S. The molecule has 2 aromatic heterocycles. The predicted octanol–water partition coefficient (Wildman–Crippen LogP) is 5.05. The third kappa shape index (κ3) is 5.53. The number of nitro groups is 1. The van der Waals surface area contributed by atoms with Crippen molar-refractivity contribution < 1.29 is 28.3 Å². The van der Waals surface area contributed by atoms with Crippen molar-refractivity contribution >= 4 is 45.0 Å². The Morgan fingerprint density at radius 1 is 1.16 bits per heavy atom. The maximum absolute atomic E-state index is 14.0. The van der Waals surface area contributed by atoms with Crippen LogP contribution in [-0.2, 0) is 9.53 Å². The molecule has 0 N–H and O–H groups in total. The van der Waals surface area contributed by atoms with E-state index in [9.17, 15) is 19.7 Å². The molecule has 0 spiro atoms. The van der Waals surface area contributed by atoms with Crippen LogP contribution in [-0.4, -0.2) is 36.3 Å². The van der Waals surface area contributed by atoms with E-state index in [1.807, 2.05) is 6.92 Å². The maximum Gasteiger partial charge on any atom is 0.338 e. The molecular weight excluding hydrogens is 642 g/mol. The third-order valence-electron chi connectivity index (χ3n) is 6.91. The first-order valence-corrected chi connectivity index (χ1v) is 14.6. The minimum atomic E-state index is -0.883. The van der Waals surface area contributed by atoms with Gasteiger partial charge in [0.1, 0.15) is 11.5 Å². The van der Waals surface area contributed by atoms with Gasteiger partial charge >= 0.3 is 5.97 Å². The zero-order valence-corrected chi connectivity index (χ0v) is 26.2. The predicted molar refractivity (Wildman–Crippen MR) is 163 cm³/mol. The van der Waals surface area contributed by atoms with Crippen LogP contribution in [0.3, 0.4) is 0 Å². The smallest absolute Gasteiger partial charge is 0.338 e. The summed E-state index contributed by atoms with van der Waals surface area (Å²) in [7, 11) is 3.02. The molecule has 0 radical (unpaired) electrons. The number of aryl methyl sites for hydroxylation is 1. The molecule has 0 saturated heterocycles. The van der Waals surface area contributed by atoms with Gasteiger partial charge in [0, 0.05) is 28.2 Å². The van der Waals surface area contributed by atoms with Crippen LogP contribution in [0.2, 0.25) is 0 Å². The van der Waals surface area contributed by atoms with Crippen LogP contribution in [0, 0.1) is 17.0 Å². The number of hydrogen-bond acceptors (Lipinski definition) is 10. The van der Waals surface area contributed by atoms with Crippen LogP contribution in [0.1, 0.15) is 36.8 Å². The Labute approximate surface area is 257 Å². The zero-order valence-electron chi connectivity index (χ0n) is 23.8. The molecule has 13 heteroatoms. The lowest BCUT2D eigenvalue weighted by Crippen LogP contribution is -2.40. The first-order valence-electron chi connectivity index (χ1n) is 13.0. The molecule has 11 nitrogen and oxygen atoms in total. The van der Waals surface area contributed by atoms with Crippen LogP contribution in [0.4, 0.5) is 5.69 Å². The minimum absolute atomic E-state index is 0.0547. The van der Waals surface area contributed by atoms with Crippen molar-refractivity contribution in [3.63, 3.8) is 0 Å². The number of benzene rings is 2. The van der Waals surface area contributed by atoms with E-state index in [4.69, 9.17) is 18.6 Å². The monoisotopic (exact) mass is 667 g/mol. The number of esters is 1. The standard InChI is InChI=1S/C30H26BrN3O8S/c1-6-41-29(36)26-16(3)32-30-33(27(26)20-13-23(39-4)24(40-5)14-21(20)31)28(35)25(43-30)12-18-9-10-22(42-18)19-11-17(34(37)38)8-7-15(19)2/h7-14,27H,6H2,1-5H3/b25-12-/t27-/m1/s1. The molecule has 0 aliphatic carbocycles. The number of aromatic nitrogens is 1. The number of rotatable bonds is 8. The number of allylic oxidation sites excluding steroid dienone is 1. The van der Waals surface area contributed by atoms with Crippen molar-refractivity contribution in [1.29, 1.82) is 0 Å². The Morgan fingerprint density at radius 3 is 2.56 bits per heavy atom. The van der Waals surface area contributed by atoms with Gasteiger partial charge in [-0.15, -0.1) is 0 Å². The van der Waals surface area contributed by atoms with E-state index >= 15 is 0 Å². The summed E-state index contributed by atoms with van der Waals surface area (Å²) in [5.74, 6) is 1.09. The van der Waals surface area contributed by atoms with Gasteiger partial charge in [0.15, 0.2) is 16.3 Å². The normalized spacial score (nSPS) is 14.7. The summed E-state index contributed by atoms with van der Waals surface area (Å²) in [6.07, 6.45) is 1.59. The highest BCUT2D eigenvalue weighted by molar-refractivity contribution is 9.10. The fourth-order valence-corrected chi connectivity index (χ4v) is 6.42. The molecule has 43 heavy (non-hydrogen) atoms. The van der Waals surface area contributed by atoms with Gasteiger partial charge in [-0.25, -0.2) is 9.79 Å². The largest absolute Gasteiger partial charge is 0.493 e. The molecule has 1 atom stereocenters. The number of fused-ring (bicyclic) bond motifs is 1. The third-order valence-corrected chi connectivity index (χ3v) is 8.58. The van der Waals surface area contributed by atoms with Crippen molar-refractivity contribution in [3.05, 3.63) is 105 Å². The second kappa shape index (κ2) is 12.0.